The van der Waals surface area contributed by atoms with Crippen molar-refractivity contribution in [2.75, 3.05) is 19.8 Å². The van der Waals surface area contributed by atoms with Crippen LogP contribution in [0.25, 0.3) is 10.9 Å². The Labute approximate surface area is 187 Å². The van der Waals surface area contributed by atoms with Crippen LogP contribution in [0, 0.1) is 0 Å². The van der Waals surface area contributed by atoms with Crippen molar-refractivity contribution in [2.24, 2.45) is 0 Å². The predicted molar refractivity (Wildman–Crippen MR) is 128 cm³/mol. The first-order chi connectivity index (χ1) is 15.0. The molecule has 0 bridgehead atoms. The fourth-order valence-corrected chi connectivity index (χ4v) is 3.76. The minimum absolute atomic E-state index is 0.0222. The maximum Gasteiger partial charge on any atom is 0.253 e. The van der Waals surface area contributed by atoms with Crippen molar-refractivity contribution >= 4 is 28.2 Å². The molecule has 164 valence electrons. The summed E-state index contributed by atoms with van der Waals surface area (Å²) in [6.45, 7) is 5.50. The Bertz CT molecular complexity index is 1070. The lowest BCUT2D eigenvalue weighted by Gasteiger charge is -2.28. The molecule has 3 aromatic rings. The minimum atomic E-state index is -0.149. The van der Waals surface area contributed by atoms with Gasteiger partial charge >= 0.3 is 0 Å². The highest BCUT2D eigenvalue weighted by Crippen LogP contribution is 2.20. The van der Waals surface area contributed by atoms with Gasteiger partial charge in [-0.05, 0) is 62.3 Å². The number of nitrogens with one attached hydrogen (secondary N) is 2. The van der Waals surface area contributed by atoms with Crippen molar-refractivity contribution in [3.8, 4) is 5.75 Å². The second-order valence-corrected chi connectivity index (χ2v) is 7.77. The number of aromatic nitrogens is 1. The molecule has 7 heteroatoms. The van der Waals surface area contributed by atoms with Crippen molar-refractivity contribution in [3.05, 3.63) is 76.1 Å². The van der Waals surface area contributed by atoms with Gasteiger partial charge in [-0.15, -0.1) is 0 Å². The Morgan fingerprint density at radius 3 is 2.71 bits per heavy atom. The molecule has 1 atom stereocenters. The van der Waals surface area contributed by atoms with Crippen LogP contribution in [0.3, 0.4) is 0 Å². The van der Waals surface area contributed by atoms with E-state index in [0.717, 1.165) is 22.2 Å². The summed E-state index contributed by atoms with van der Waals surface area (Å²) in [6.07, 6.45) is 0.557. The van der Waals surface area contributed by atoms with Crippen LogP contribution in [-0.4, -0.2) is 39.9 Å². The summed E-state index contributed by atoms with van der Waals surface area (Å²) in [5.41, 5.74) is 2.34. The number of fused-ring (bicyclic) bond motifs is 1. The summed E-state index contributed by atoms with van der Waals surface area (Å²) < 4.78 is 5.58. The molecule has 1 aromatic heterocycles. The van der Waals surface area contributed by atoms with Crippen LogP contribution in [-0.2, 0) is 6.54 Å². The van der Waals surface area contributed by atoms with Crippen LogP contribution in [0.4, 0.5) is 0 Å². The topological polar surface area (TPSA) is 77.6 Å². The molecule has 0 aliphatic rings. The molecular formula is C24H29N3O3S. The number of thiocarbonyl (C=S) groups is 1. The number of benzene rings is 2. The Kier molecular flexibility index (Phi) is 8.03. The highest BCUT2D eigenvalue weighted by atomic mass is 32.1. The van der Waals surface area contributed by atoms with E-state index in [1.807, 2.05) is 73.3 Å². The van der Waals surface area contributed by atoms with Crippen molar-refractivity contribution in [2.45, 2.75) is 32.9 Å². The average molecular weight is 440 g/mol. The molecule has 2 aromatic carbocycles. The van der Waals surface area contributed by atoms with E-state index in [1.54, 1.807) is 0 Å². The zero-order valence-electron chi connectivity index (χ0n) is 17.9. The number of aliphatic hydroxyl groups excluding tert-OH is 1. The third-order valence-corrected chi connectivity index (χ3v) is 5.45. The largest absolute Gasteiger partial charge is 0.494 e. The maximum atomic E-state index is 12.7. The molecule has 0 saturated heterocycles. The second kappa shape index (κ2) is 10.9. The summed E-state index contributed by atoms with van der Waals surface area (Å²) in [5.74, 6) is 0.763. The average Bonchev–Trinajstić information content (AvgIpc) is 2.77. The van der Waals surface area contributed by atoms with E-state index in [1.165, 1.54) is 0 Å². The summed E-state index contributed by atoms with van der Waals surface area (Å²) in [4.78, 5) is 17.6. The molecule has 3 rings (SSSR count). The number of ether oxygens (including phenoxy) is 1. The Hall–Kier alpha value is -2.90. The zero-order chi connectivity index (χ0) is 22.2. The fraction of sp³-hybridized carbons (Fsp3) is 0.333. The van der Waals surface area contributed by atoms with Crippen molar-refractivity contribution in [1.29, 1.82) is 0 Å². The normalized spacial score (nSPS) is 11.8. The molecule has 1 heterocycles. The van der Waals surface area contributed by atoms with Gasteiger partial charge in [0, 0.05) is 29.6 Å². The first kappa shape index (κ1) is 22.8. The number of hydrogen-bond acceptors (Lipinski definition) is 4. The van der Waals surface area contributed by atoms with Crippen LogP contribution in [0.15, 0.2) is 59.4 Å². The number of H-pyrrole nitrogens is 1. The lowest BCUT2D eigenvalue weighted by Crippen LogP contribution is -2.42. The predicted octanol–water partition coefficient (Wildman–Crippen LogP) is 3.75. The standard InChI is InChI=1S/C24H29N3O3S/c1-3-30-21-10-11-22-19(15-21)14-20(23(29)26-22)16-27(12-7-13-28)24(31)25-17(2)18-8-5-4-6-9-18/h4-6,8-11,14-15,17,28H,3,7,12-13,16H2,1-2H3,(H,25,31)(H,26,29). The van der Waals surface area contributed by atoms with E-state index in [4.69, 9.17) is 17.0 Å². The quantitative estimate of drug-likeness (QED) is 0.441. The highest BCUT2D eigenvalue weighted by molar-refractivity contribution is 7.80. The van der Waals surface area contributed by atoms with E-state index >= 15 is 0 Å². The monoisotopic (exact) mass is 439 g/mol. The molecule has 1 unspecified atom stereocenters. The number of nitrogens with zero attached hydrogens (tertiary/aromatic N) is 1. The van der Waals surface area contributed by atoms with E-state index in [2.05, 4.69) is 10.3 Å². The van der Waals surface area contributed by atoms with Crippen LogP contribution in [0.5, 0.6) is 5.75 Å². The zero-order valence-corrected chi connectivity index (χ0v) is 18.7. The maximum absolute atomic E-state index is 12.7. The number of rotatable bonds is 9. The van der Waals surface area contributed by atoms with Gasteiger partial charge in [0.2, 0.25) is 0 Å². The molecule has 6 nitrogen and oxygen atoms in total. The second-order valence-electron chi connectivity index (χ2n) is 7.39. The molecule has 0 aliphatic heterocycles. The van der Waals surface area contributed by atoms with Gasteiger partial charge in [0.1, 0.15) is 5.75 Å². The lowest BCUT2D eigenvalue weighted by molar-refractivity contribution is 0.263. The molecule has 0 aliphatic carbocycles. The summed E-state index contributed by atoms with van der Waals surface area (Å²) in [6, 6.07) is 17.6. The van der Waals surface area contributed by atoms with E-state index in [9.17, 15) is 9.90 Å². The molecular weight excluding hydrogens is 410 g/mol. The van der Waals surface area contributed by atoms with Crippen molar-refractivity contribution < 1.29 is 9.84 Å². The van der Waals surface area contributed by atoms with Gasteiger partial charge in [-0.3, -0.25) is 4.79 Å². The number of hydrogen-bond donors (Lipinski definition) is 3. The Morgan fingerprint density at radius 1 is 1.23 bits per heavy atom. The number of aromatic amines is 1. The SMILES string of the molecule is CCOc1ccc2[nH]c(=O)c(CN(CCCO)C(=S)NC(C)c3ccccc3)cc2c1. The molecule has 3 N–H and O–H groups in total. The van der Waals surface area contributed by atoms with Crippen LogP contribution < -0.4 is 15.6 Å². The van der Waals surface area contributed by atoms with E-state index in [0.29, 0.717) is 36.8 Å². The Morgan fingerprint density at radius 2 is 2.00 bits per heavy atom. The third kappa shape index (κ3) is 6.06. The van der Waals surface area contributed by atoms with E-state index in [-0.39, 0.29) is 18.2 Å². The lowest BCUT2D eigenvalue weighted by atomic mass is 10.1. The van der Waals surface area contributed by atoms with Gasteiger partial charge in [-0.25, -0.2) is 0 Å². The first-order valence-electron chi connectivity index (χ1n) is 10.5. The van der Waals surface area contributed by atoms with Crippen LogP contribution in [0.2, 0.25) is 0 Å². The summed E-state index contributed by atoms with van der Waals surface area (Å²) in [5, 5.41) is 14.1. The first-order valence-corrected chi connectivity index (χ1v) is 10.9. The summed E-state index contributed by atoms with van der Waals surface area (Å²) in [7, 11) is 0. The highest BCUT2D eigenvalue weighted by Gasteiger charge is 2.16. The van der Waals surface area contributed by atoms with Gasteiger partial charge in [0.25, 0.3) is 5.56 Å². The third-order valence-electron chi connectivity index (χ3n) is 5.08. The Balaban J connectivity index is 1.82. The number of aliphatic hydroxyl groups is 1. The minimum Gasteiger partial charge on any atom is -0.494 e. The molecule has 31 heavy (non-hydrogen) atoms. The van der Waals surface area contributed by atoms with E-state index < -0.39 is 0 Å². The van der Waals surface area contributed by atoms with Crippen molar-refractivity contribution in [3.63, 3.8) is 0 Å². The molecule has 0 radical (unpaired) electrons. The van der Waals surface area contributed by atoms with Crippen molar-refractivity contribution in [1.82, 2.24) is 15.2 Å². The van der Waals surface area contributed by atoms with Gasteiger partial charge in [0.15, 0.2) is 5.11 Å². The summed E-state index contributed by atoms with van der Waals surface area (Å²) >= 11 is 5.66. The molecule has 0 spiro atoms. The van der Waals surface area contributed by atoms with Gasteiger partial charge in [-0.1, -0.05) is 30.3 Å². The fourth-order valence-electron chi connectivity index (χ4n) is 3.42. The smallest absolute Gasteiger partial charge is 0.253 e. The van der Waals surface area contributed by atoms with Crippen LogP contribution >= 0.6 is 12.2 Å². The number of pyridine rings is 1. The molecule has 0 fully saturated rings. The molecule has 0 amide bonds. The van der Waals surface area contributed by atoms with Gasteiger partial charge < -0.3 is 25.0 Å². The van der Waals surface area contributed by atoms with Gasteiger partial charge in [0.05, 0.1) is 19.2 Å². The van der Waals surface area contributed by atoms with Crippen LogP contribution in [0.1, 0.15) is 37.4 Å². The molecule has 0 saturated carbocycles. The van der Waals surface area contributed by atoms with Gasteiger partial charge in [-0.2, -0.15) is 0 Å².